The number of amides is 2. The molecule has 0 aromatic carbocycles. The number of nitrogens with zero attached hydrogens (tertiary/aromatic N) is 2. The van der Waals surface area contributed by atoms with E-state index in [1.54, 1.807) is 16.2 Å². The minimum Gasteiger partial charge on any atom is -0.342 e. The van der Waals surface area contributed by atoms with Crippen LogP contribution in [0.15, 0.2) is 17.5 Å². The Morgan fingerprint density at radius 2 is 2.00 bits per heavy atom. The second kappa shape index (κ2) is 6.41. The lowest BCUT2D eigenvalue weighted by atomic mass is 9.86. The number of hydrogen-bond acceptors (Lipinski definition) is 3. The number of carbonyl (C=O) groups is 2. The van der Waals surface area contributed by atoms with Crippen molar-refractivity contribution in [3.63, 3.8) is 0 Å². The average molecular weight is 320 g/mol. The Morgan fingerprint density at radius 3 is 2.64 bits per heavy atom. The molecule has 0 spiro atoms. The highest BCUT2D eigenvalue weighted by atomic mass is 32.1. The van der Waals surface area contributed by atoms with Crippen LogP contribution in [0.2, 0.25) is 0 Å². The normalized spacial score (nSPS) is 27.3. The van der Waals surface area contributed by atoms with Crippen molar-refractivity contribution in [1.29, 1.82) is 0 Å². The number of carbonyl (C=O) groups excluding carboxylic acids is 2. The summed E-state index contributed by atoms with van der Waals surface area (Å²) in [5.74, 6) is 1.02. The summed E-state index contributed by atoms with van der Waals surface area (Å²) < 4.78 is 0. The fraction of sp³-hybridized carbons (Fsp3) is 0.647. The number of thiophene rings is 1. The Balaban J connectivity index is 1.80. The largest absolute Gasteiger partial charge is 0.342 e. The molecule has 4 nitrogen and oxygen atoms in total. The highest BCUT2D eigenvalue weighted by molar-refractivity contribution is 7.10. The summed E-state index contributed by atoms with van der Waals surface area (Å²) in [4.78, 5) is 30.0. The molecule has 3 heterocycles. The molecule has 3 rings (SSSR count). The van der Waals surface area contributed by atoms with E-state index >= 15 is 0 Å². The van der Waals surface area contributed by atoms with Gasteiger partial charge in [-0.25, -0.2) is 0 Å². The van der Waals surface area contributed by atoms with E-state index in [1.807, 2.05) is 29.5 Å². The number of hydrogen-bond donors (Lipinski definition) is 0. The minimum absolute atomic E-state index is 0.0882. The fourth-order valence-corrected chi connectivity index (χ4v) is 4.54. The second-order valence-corrected chi connectivity index (χ2v) is 7.60. The van der Waals surface area contributed by atoms with Crippen LogP contribution in [0.25, 0.3) is 0 Å². The molecular formula is C17H24N2O2S. The smallest absolute Gasteiger partial charge is 0.228 e. The van der Waals surface area contributed by atoms with Crippen molar-refractivity contribution in [2.45, 2.75) is 38.6 Å². The number of likely N-dealkylation sites (tertiary alicyclic amines) is 2. The van der Waals surface area contributed by atoms with E-state index in [-0.39, 0.29) is 23.8 Å². The van der Waals surface area contributed by atoms with Crippen molar-refractivity contribution >= 4 is 23.2 Å². The summed E-state index contributed by atoms with van der Waals surface area (Å²) in [7, 11) is 1.84. The maximum Gasteiger partial charge on any atom is 0.228 e. The lowest BCUT2D eigenvalue weighted by Crippen LogP contribution is -2.49. The summed E-state index contributed by atoms with van der Waals surface area (Å²) in [6.45, 7) is 3.99. The Bertz CT molecular complexity index is 535. The molecule has 0 aliphatic carbocycles. The maximum absolute atomic E-state index is 13.0. The van der Waals surface area contributed by atoms with E-state index in [0.29, 0.717) is 18.8 Å². The summed E-state index contributed by atoms with van der Waals surface area (Å²) in [6.07, 6.45) is 3.35. The van der Waals surface area contributed by atoms with Gasteiger partial charge in [-0.3, -0.25) is 9.59 Å². The molecule has 5 heteroatoms. The van der Waals surface area contributed by atoms with Crippen molar-refractivity contribution in [2.24, 2.45) is 11.8 Å². The lowest BCUT2D eigenvalue weighted by molar-refractivity contribution is -0.147. The first-order valence-electron chi connectivity index (χ1n) is 8.15. The van der Waals surface area contributed by atoms with Gasteiger partial charge in [-0.15, -0.1) is 11.3 Å². The van der Waals surface area contributed by atoms with Crippen molar-refractivity contribution in [1.82, 2.24) is 9.80 Å². The summed E-state index contributed by atoms with van der Waals surface area (Å²) in [5.41, 5.74) is 0. The Morgan fingerprint density at radius 1 is 1.27 bits per heavy atom. The molecule has 0 N–H and O–H groups in total. The van der Waals surface area contributed by atoms with Gasteiger partial charge in [0.2, 0.25) is 11.8 Å². The molecule has 0 unspecified atom stereocenters. The monoisotopic (exact) mass is 320 g/mol. The van der Waals surface area contributed by atoms with Crippen LogP contribution in [0, 0.1) is 11.8 Å². The van der Waals surface area contributed by atoms with E-state index in [0.717, 1.165) is 30.8 Å². The first-order valence-corrected chi connectivity index (χ1v) is 9.03. The molecule has 0 bridgehead atoms. The van der Waals surface area contributed by atoms with Gasteiger partial charge < -0.3 is 9.80 Å². The van der Waals surface area contributed by atoms with Crippen LogP contribution in [0.4, 0.5) is 0 Å². The topological polar surface area (TPSA) is 40.6 Å². The van der Waals surface area contributed by atoms with Crippen LogP contribution in [-0.2, 0) is 9.59 Å². The third-order valence-corrected chi connectivity index (χ3v) is 6.05. The van der Waals surface area contributed by atoms with Gasteiger partial charge >= 0.3 is 0 Å². The molecule has 0 radical (unpaired) electrons. The SMILES string of the molecule is CC1CCN(C(=O)[C@@H]2CCC(=O)N(C)[C@@H]2c2cccs2)CC1. The molecule has 120 valence electrons. The van der Waals surface area contributed by atoms with Gasteiger partial charge in [0, 0.05) is 31.4 Å². The fourth-order valence-electron chi connectivity index (χ4n) is 3.61. The van der Waals surface area contributed by atoms with Gasteiger partial charge in [0.05, 0.1) is 12.0 Å². The van der Waals surface area contributed by atoms with Crippen LogP contribution in [0.5, 0.6) is 0 Å². The van der Waals surface area contributed by atoms with E-state index in [1.165, 1.54) is 0 Å². The molecule has 0 saturated carbocycles. The van der Waals surface area contributed by atoms with Crippen molar-refractivity contribution in [2.75, 3.05) is 20.1 Å². The molecule has 2 amide bonds. The standard InChI is InChI=1S/C17H24N2O2S/c1-12-7-9-19(10-8-12)17(21)13-5-6-15(20)18(2)16(13)14-4-3-11-22-14/h3-4,11-13,16H,5-10H2,1-2H3/t13-,16+/m1/s1. The third kappa shape index (κ3) is 2.91. The Labute approximate surface area is 136 Å². The second-order valence-electron chi connectivity index (χ2n) is 6.62. The molecule has 2 atom stereocenters. The number of rotatable bonds is 2. The first-order chi connectivity index (χ1) is 10.6. The van der Waals surface area contributed by atoms with E-state index in [9.17, 15) is 9.59 Å². The van der Waals surface area contributed by atoms with Crippen molar-refractivity contribution in [3.05, 3.63) is 22.4 Å². The highest BCUT2D eigenvalue weighted by Crippen LogP contribution is 2.39. The van der Waals surface area contributed by atoms with Crippen LogP contribution in [0.3, 0.4) is 0 Å². The van der Waals surface area contributed by atoms with Gasteiger partial charge in [-0.2, -0.15) is 0 Å². The quantitative estimate of drug-likeness (QED) is 0.840. The molecular weight excluding hydrogens is 296 g/mol. The average Bonchev–Trinajstić information content (AvgIpc) is 3.04. The zero-order valence-corrected chi connectivity index (χ0v) is 14.1. The number of piperidine rings is 2. The van der Waals surface area contributed by atoms with E-state index in [4.69, 9.17) is 0 Å². The molecule has 2 aliphatic heterocycles. The predicted octanol–water partition coefficient (Wildman–Crippen LogP) is 2.92. The van der Waals surface area contributed by atoms with Crippen LogP contribution in [-0.4, -0.2) is 41.8 Å². The van der Waals surface area contributed by atoms with Gasteiger partial charge in [0.1, 0.15) is 0 Å². The van der Waals surface area contributed by atoms with Gasteiger partial charge in [0.15, 0.2) is 0 Å². The van der Waals surface area contributed by atoms with E-state index in [2.05, 4.69) is 6.92 Å². The molecule has 1 aromatic rings. The molecule has 22 heavy (non-hydrogen) atoms. The van der Waals surface area contributed by atoms with Crippen LogP contribution in [0.1, 0.15) is 43.5 Å². The molecule has 2 fully saturated rings. The Kier molecular flexibility index (Phi) is 4.52. The molecule has 2 saturated heterocycles. The molecule has 1 aromatic heterocycles. The van der Waals surface area contributed by atoms with Crippen LogP contribution >= 0.6 is 11.3 Å². The van der Waals surface area contributed by atoms with Gasteiger partial charge in [0.25, 0.3) is 0 Å². The lowest BCUT2D eigenvalue weighted by Gasteiger charge is -2.41. The van der Waals surface area contributed by atoms with Crippen molar-refractivity contribution < 1.29 is 9.59 Å². The summed E-state index contributed by atoms with van der Waals surface area (Å²) in [5, 5.41) is 2.02. The zero-order valence-electron chi connectivity index (χ0n) is 13.3. The van der Waals surface area contributed by atoms with Gasteiger partial charge in [-0.1, -0.05) is 13.0 Å². The maximum atomic E-state index is 13.0. The summed E-state index contributed by atoms with van der Waals surface area (Å²) >= 11 is 1.64. The first kappa shape index (κ1) is 15.5. The zero-order chi connectivity index (χ0) is 15.7. The summed E-state index contributed by atoms with van der Waals surface area (Å²) in [6, 6.07) is 3.95. The third-order valence-electron chi connectivity index (χ3n) is 5.11. The highest BCUT2D eigenvalue weighted by Gasteiger charge is 2.41. The van der Waals surface area contributed by atoms with Crippen molar-refractivity contribution in [3.8, 4) is 0 Å². The Hall–Kier alpha value is -1.36. The van der Waals surface area contributed by atoms with Gasteiger partial charge in [-0.05, 0) is 36.6 Å². The minimum atomic E-state index is -0.0897. The van der Waals surface area contributed by atoms with Crippen LogP contribution < -0.4 is 0 Å². The molecule has 2 aliphatic rings. The predicted molar refractivity (Wildman–Crippen MR) is 87.5 cm³/mol. The van der Waals surface area contributed by atoms with E-state index < -0.39 is 0 Å².